The van der Waals surface area contributed by atoms with Gasteiger partial charge in [-0.3, -0.25) is 14.2 Å². The fraction of sp³-hybridized carbons (Fsp3) is 0.583. The average molecular weight is 266 g/mol. The minimum Gasteiger partial charge on any atom is -0.335 e. The van der Waals surface area contributed by atoms with Crippen LogP contribution in [0.2, 0.25) is 0 Å². The molecular weight excluding hydrogens is 248 g/mol. The molecule has 1 aromatic rings. The van der Waals surface area contributed by atoms with Crippen molar-refractivity contribution in [1.29, 1.82) is 0 Å². The maximum Gasteiger partial charge on any atom is 0.328 e. The standard InChI is InChI=1S/C12H18N4O3/c1-7-5-16(6-8(2)14-7)11(18)9-4-13-12(19)15(3)10(9)17/h4,7-8,14H,5-6H2,1-3H3,(H,13,19)/t7-,8-/m1/s1. The van der Waals surface area contributed by atoms with E-state index >= 15 is 0 Å². The van der Waals surface area contributed by atoms with Gasteiger partial charge in [-0.2, -0.15) is 0 Å². The van der Waals surface area contributed by atoms with Crippen molar-refractivity contribution in [3.63, 3.8) is 0 Å². The minimum atomic E-state index is -0.562. The molecule has 0 aliphatic carbocycles. The van der Waals surface area contributed by atoms with Crippen LogP contribution in [-0.2, 0) is 7.05 Å². The highest BCUT2D eigenvalue weighted by molar-refractivity contribution is 5.93. The Morgan fingerprint density at radius 3 is 2.42 bits per heavy atom. The van der Waals surface area contributed by atoms with E-state index in [0.717, 1.165) is 4.57 Å². The van der Waals surface area contributed by atoms with Crippen LogP contribution in [0.4, 0.5) is 0 Å². The summed E-state index contributed by atoms with van der Waals surface area (Å²) in [5.74, 6) is -0.336. The summed E-state index contributed by atoms with van der Waals surface area (Å²) < 4.78 is 0.905. The quantitative estimate of drug-likeness (QED) is 0.675. The van der Waals surface area contributed by atoms with Crippen LogP contribution < -0.4 is 16.6 Å². The Kier molecular flexibility index (Phi) is 3.57. The first-order valence-corrected chi connectivity index (χ1v) is 6.24. The van der Waals surface area contributed by atoms with Gasteiger partial charge in [0.25, 0.3) is 11.5 Å². The first-order chi connectivity index (χ1) is 8.90. The number of hydrogen-bond acceptors (Lipinski definition) is 4. The van der Waals surface area contributed by atoms with E-state index in [1.807, 2.05) is 13.8 Å². The van der Waals surface area contributed by atoms with Crippen LogP contribution in [0.5, 0.6) is 0 Å². The molecule has 0 bridgehead atoms. The van der Waals surface area contributed by atoms with E-state index < -0.39 is 11.2 Å². The summed E-state index contributed by atoms with van der Waals surface area (Å²) in [6.07, 6.45) is 1.20. The molecule has 1 saturated heterocycles. The molecule has 2 heterocycles. The van der Waals surface area contributed by atoms with Gasteiger partial charge in [0.2, 0.25) is 0 Å². The van der Waals surface area contributed by atoms with Gasteiger partial charge in [-0.1, -0.05) is 0 Å². The van der Waals surface area contributed by atoms with Crippen molar-refractivity contribution in [2.24, 2.45) is 7.05 Å². The molecule has 1 amide bonds. The molecule has 104 valence electrons. The van der Waals surface area contributed by atoms with Gasteiger partial charge in [0, 0.05) is 38.4 Å². The highest BCUT2D eigenvalue weighted by Crippen LogP contribution is 2.07. The number of aromatic amines is 1. The molecule has 19 heavy (non-hydrogen) atoms. The van der Waals surface area contributed by atoms with Gasteiger partial charge in [-0.15, -0.1) is 0 Å². The van der Waals surface area contributed by atoms with Crippen LogP contribution in [0.1, 0.15) is 24.2 Å². The van der Waals surface area contributed by atoms with E-state index in [4.69, 9.17) is 0 Å². The number of carbonyl (C=O) groups is 1. The first-order valence-electron chi connectivity index (χ1n) is 6.24. The van der Waals surface area contributed by atoms with E-state index in [2.05, 4.69) is 10.3 Å². The molecule has 0 saturated carbocycles. The summed E-state index contributed by atoms with van der Waals surface area (Å²) in [7, 11) is 1.35. The molecule has 0 unspecified atom stereocenters. The molecule has 7 heteroatoms. The molecule has 1 aliphatic rings. The number of H-pyrrole nitrogens is 1. The molecule has 0 radical (unpaired) electrons. The zero-order valence-corrected chi connectivity index (χ0v) is 11.3. The molecule has 7 nitrogen and oxygen atoms in total. The van der Waals surface area contributed by atoms with Gasteiger partial charge < -0.3 is 15.2 Å². The largest absolute Gasteiger partial charge is 0.335 e. The van der Waals surface area contributed by atoms with Crippen molar-refractivity contribution in [1.82, 2.24) is 19.8 Å². The monoisotopic (exact) mass is 266 g/mol. The number of aromatic nitrogens is 2. The van der Waals surface area contributed by atoms with Crippen molar-refractivity contribution in [2.45, 2.75) is 25.9 Å². The Bertz CT molecular complexity index is 594. The van der Waals surface area contributed by atoms with Crippen LogP contribution in [0.3, 0.4) is 0 Å². The van der Waals surface area contributed by atoms with Gasteiger partial charge in [-0.05, 0) is 13.8 Å². The van der Waals surface area contributed by atoms with Crippen molar-refractivity contribution in [3.8, 4) is 0 Å². The lowest BCUT2D eigenvalue weighted by molar-refractivity contribution is 0.0670. The normalized spacial score (nSPS) is 23.4. The fourth-order valence-electron chi connectivity index (χ4n) is 2.38. The third-order valence-electron chi connectivity index (χ3n) is 3.25. The molecule has 2 atom stereocenters. The van der Waals surface area contributed by atoms with Gasteiger partial charge in [0.15, 0.2) is 0 Å². The Morgan fingerprint density at radius 2 is 1.84 bits per heavy atom. The predicted molar refractivity (Wildman–Crippen MR) is 70.3 cm³/mol. The number of amides is 1. The highest BCUT2D eigenvalue weighted by Gasteiger charge is 2.27. The molecule has 1 aromatic heterocycles. The molecule has 2 N–H and O–H groups in total. The molecule has 2 rings (SSSR count). The van der Waals surface area contributed by atoms with E-state index in [1.165, 1.54) is 13.2 Å². The summed E-state index contributed by atoms with van der Waals surface area (Å²) in [6.45, 7) is 5.07. The lowest BCUT2D eigenvalue weighted by Crippen LogP contribution is -2.56. The third-order valence-corrected chi connectivity index (χ3v) is 3.25. The van der Waals surface area contributed by atoms with E-state index in [-0.39, 0.29) is 23.6 Å². The second kappa shape index (κ2) is 5.00. The van der Waals surface area contributed by atoms with E-state index in [9.17, 15) is 14.4 Å². The predicted octanol–water partition coefficient (Wildman–Crippen LogP) is -1.10. The van der Waals surface area contributed by atoms with Crippen LogP contribution in [0, 0.1) is 0 Å². The maximum absolute atomic E-state index is 12.3. The lowest BCUT2D eigenvalue weighted by Gasteiger charge is -2.36. The number of nitrogens with one attached hydrogen (secondary N) is 2. The summed E-state index contributed by atoms with van der Waals surface area (Å²) in [6, 6.07) is 0.360. The highest BCUT2D eigenvalue weighted by atomic mass is 16.2. The van der Waals surface area contributed by atoms with Gasteiger partial charge in [-0.25, -0.2) is 4.79 Å². The smallest absolute Gasteiger partial charge is 0.328 e. The second-order valence-electron chi connectivity index (χ2n) is 5.05. The topological polar surface area (TPSA) is 87.2 Å². The fourth-order valence-corrected chi connectivity index (χ4v) is 2.38. The Labute approximate surface area is 110 Å². The number of carbonyl (C=O) groups excluding carboxylic acids is 1. The minimum absolute atomic E-state index is 0.00315. The van der Waals surface area contributed by atoms with Gasteiger partial charge >= 0.3 is 5.69 Å². The maximum atomic E-state index is 12.3. The molecule has 1 fully saturated rings. The van der Waals surface area contributed by atoms with Crippen LogP contribution in [-0.4, -0.2) is 45.5 Å². The lowest BCUT2D eigenvalue weighted by atomic mass is 10.1. The van der Waals surface area contributed by atoms with Gasteiger partial charge in [0.05, 0.1) is 0 Å². The van der Waals surface area contributed by atoms with Gasteiger partial charge in [0.1, 0.15) is 5.56 Å². The number of nitrogens with zero attached hydrogens (tertiary/aromatic N) is 2. The Morgan fingerprint density at radius 1 is 1.26 bits per heavy atom. The van der Waals surface area contributed by atoms with E-state index in [0.29, 0.717) is 13.1 Å². The Hall–Kier alpha value is -1.89. The van der Waals surface area contributed by atoms with Crippen molar-refractivity contribution >= 4 is 5.91 Å². The molecule has 1 aliphatic heterocycles. The van der Waals surface area contributed by atoms with E-state index in [1.54, 1.807) is 4.90 Å². The summed E-state index contributed by atoms with van der Waals surface area (Å²) >= 11 is 0. The zero-order valence-electron chi connectivity index (χ0n) is 11.3. The Balaban J connectivity index is 2.32. The summed E-state index contributed by atoms with van der Waals surface area (Å²) in [5.41, 5.74) is -1.08. The van der Waals surface area contributed by atoms with Crippen LogP contribution >= 0.6 is 0 Å². The zero-order chi connectivity index (χ0) is 14.2. The van der Waals surface area contributed by atoms with Crippen molar-refractivity contribution < 1.29 is 4.79 Å². The number of piperazine rings is 1. The SMILES string of the molecule is C[C@@H]1CN(C(=O)c2c[nH]c(=O)n(C)c2=O)C[C@@H](C)N1. The first kappa shape index (κ1) is 13.5. The summed E-state index contributed by atoms with van der Waals surface area (Å²) in [4.78, 5) is 39.6. The molecule has 0 spiro atoms. The van der Waals surface area contributed by atoms with Crippen molar-refractivity contribution in [2.75, 3.05) is 13.1 Å². The summed E-state index contributed by atoms with van der Waals surface area (Å²) in [5, 5.41) is 3.32. The number of rotatable bonds is 1. The number of hydrogen-bond donors (Lipinski definition) is 2. The molecule has 0 aromatic carbocycles. The molecular formula is C12H18N4O3. The average Bonchev–Trinajstić information content (AvgIpc) is 2.34. The van der Waals surface area contributed by atoms with Crippen LogP contribution in [0.15, 0.2) is 15.8 Å². The van der Waals surface area contributed by atoms with Crippen molar-refractivity contribution in [3.05, 3.63) is 32.6 Å². The third kappa shape index (κ3) is 2.60. The second-order valence-corrected chi connectivity index (χ2v) is 5.05. The van der Waals surface area contributed by atoms with Crippen LogP contribution in [0.25, 0.3) is 0 Å².